The van der Waals surface area contributed by atoms with Crippen LogP contribution in [0.4, 0.5) is 0 Å². The van der Waals surface area contributed by atoms with Crippen molar-refractivity contribution in [2.75, 3.05) is 0 Å². The van der Waals surface area contributed by atoms with Gasteiger partial charge in [-0.2, -0.15) is 0 Å². The Morgan fingerprint density at radius 1 is 1.35 bits per heavy atom. The van der Waals surface area contributed by atoms with Crippen molar-refractivity contribution in [3.63, 3.8) is 0 Å². The number of primary sulfonamides is 1. The maximum atomic E-state index is 11.2. The SMILES string of the molecule is CC(=O)Oc1ccc2sc(S(N)(=O)=O)cc2c1. The first-order valence-corrected chi connectivity index (χ1v) is 6.97. The molecule has 0 saturated heterocycles. The third-order valence-electron chi connectivity index (χ3n) is 2.01. The quantitative estimate of drug-likeness (QED) is 0.662. The van der Waals surface area contributed by atoms with Crippen LogP contribution in [0.5, 0.6) is 5.75 Å². The van der Waals surface area contributed by atoms with E-state index in [0.717, 1.165) is 16.0 Å². The zero-order chi connectivity index (χ0) is 12.6. The molecule has 1 aromatic heterocycles. The van der Waals surface area contributed by atoms with Crippen molar-refractivity contribution in [1.82, 2.24) is 0 Å². The zero-order valence-electron chi connectivity index (χ0n) is 8.84. The summed E-state index contributed by atoms with van der Waals surface area (Å²) >= 11 is 1.08. The first-order valence-electron chi connectivity index (χ1n) is 4.61. The fraction of sp³-hybridized carbons (Fsp3) is 0.100. The van der Waals surface area contributed by atoms with Crippen molar-refractivity contribution >= 4 is 37.4 Å². The molecule has 0 amide bonds. The van der Waals surface area contributed by atoms with Crippen LogP contribution >= 0.6 is 11.3 Å². The van der Waals surface area contributed by atoms with Gasteiger partial charge in [-0.05, 0) is 29.7 Å². The lowest BCUT2D eigenvalue weighted by Gasteiger charge is -1.99. The highest BCUT2D eigenvalue weighted by molar-refractivity contribution is 7.91. The molecule has 90 valence electrons. The Morgan fingerprint density at radius 2 is 2.06 bits per heavy atom. The van der Waals surface area contributed by atoms with E-state index in [1.807, 2.05) is 0 Å². The highest BCUT2D eigenvalue weighted by Crippen LogP contribution is 2.30. The molecule has 0 fully saturated rings. The van der Waals surface area contributed by atoms with E-state index in [0.29, 0.717) is 11.1 Å². The summed E-state index contributed by atoms with van der Waals surface area (Å²) in [6.07, 6.45) is 0. The van der Waals surface area contributed by atoms with Crippen LogP contribution < -0.4 is 9.88 Å². The van der Waals surface area contributed by atoms with Gasteiger partial charge in [0.25, 0.3) is 0 Å². The van der Waals surface area contributed by atoms with Gasteiger partial charge < -0.3 is 4.74 Å². The second-order valence-corrected chi connectivity index (χ2v) is 6.28. The summed E-state index contributed by atoms with van der Waals surface area (Å²) in [5.41, 5.74) is 0. The van der Waals surface area contributed by atoms with Crippen LogP contribution in [-0.2, 0) is 14.8 Å². The van der Waals surface area contributed by atoms with Crippen LogP contribution in [0.15, 0.2) is 28.5 Å². The second-order valence-electron chi connectivity index (χ2n) is 3.40. The van der Waals surface area contributed by atoms with Crippen molar-refractivity contribution in [2.24, 2.45) is 5.14 Å². The molecule has 0 unspecified atom stereocenters. The normalized spacial score (nSPS) is 11.6. The Kier molecular flexibility index (Phi) is 2.90. The number of ether oxygens (including phenoxy) is 1. The standard InChI is InChI=1S/C10H9NO4S2/c1-6(12)15-8-2-3-9-7(4-8)5-10(16-9)17(11,13)14/h2-5H,1H3,(H2,11,13,14). The fourth-order valence-corrected chi connectivity index (χ4v) is 3.17. The molecule has 0 spiro atoms. The summed E-state index contributed by atoms with van der Waals surface area (Å²) in [5.74, 6) is -0.0463. The van der Waals surface area contributed by atoms with Crippen molar-refractivity contribution in [3.05, 3.63) is 24.3 Å². The molecule has 0 aliphatic carbocycles. The van der Waals surface area contributed by atoms with E-state index >= 15 is 0 Å². The molecule has 0 bridgehead atoms. The summed E-state index contributed by atoms with van der Waals surface area (Å²) in [6, 6.07) is 6.35. The largest absolute Gasteiger partial charge is 0.427 e. The van der Waals surface area contributed by atoms with E-state index in [4.69, 9.17) is 9.88 Å². The summed E-state index contributed by atoms with van der Waals surface area (Å²) in [5, 5.41) is 5.72. The van der Waals surface area contributed by atoms with Crippen LogP contribution in [-0.4, -0.2) is 14.4 Å². The Morgan fingerprint density at radius 3 is 2.65 bits per heavy atom. The first-order chi connectivity index (χ1) is 7.86. The van der Waals surface area contributed by atoms with Gasteiger partial charge in [0.2, 0.25) is 10.0 Å². The molecule has 0 aliphatic heterocycles. The number of carbonyl (C=O) groups excluding carboxylic acids is 1. The third kappa shape index (κ3) is 2.63. The maximum Gasteiger partial charge on any atom is 0.308 e. The predicted molar refractivity (Wildman–Crippen MR) is 64.5 cm³/mol. The Hall–Kier alpha value is -1.44. The van der Waals surface area contributed by atoms with E-state index < -0.39 is 16.0 Å². The van der Waals surface area contributed by atoms with Gasteiger partial charge in [0, 0.05) is 11.6 Å². The second kappa shape index (κ2) is 4.10. The van der Waals surface area contributed by atoms with Crippen molar-refractivity contribution in [3.8, 4) is 5.75 Å². The van der Waals surface area contributed by atoms with Gasteiger partial charge in [-0.25, -0.2) is 13.6 Å². The number of hydrogen-bond acceptors (Lipinski definition) is 5. The van der Waals surface area contributed by atoms with Gasteiger partial charge in [-0.15, -0.1) is 11.3 Å². The number of benzene rings is 1. The van der Waals surface area contributed by atoms with Gasteiger partial charge in [-0.3, -0.25) is 4.79 Å². The lowest BCUT2D eigenvalue weighted by molar-refractivity contribution is -0.131. The van der Waals surface area contributed by atoms with E-state index in [1.54, 1.807) is 18.2 Å². The lowest BCUT2D eigenvalue weighted by Crippen LogP contribution is -2.09. The van der Waals surface area contributed by atoms with E-state index in [-0.39, 0.29) is 4.21 Å². The molecule has 0 atom stereocenters. The van der Waals surface area contributed by atoms with Crippen molar-refractivity contribution in [2.45, 2.75) is 11.1 Å². The Labute approximate surface area is 102 Å². The van der Waals surface area contributed by atoms with Crippen LogP contribution in [0.1, 0.15) is 6.92 Å². The summed E-state index contributed by atoms with van der Waals surface area (Å²) in [7, 11) is -3.69. The lowest BCUT2D eigenvalue weighted by atomic mass is 10.2. The van der Waals surface area contributed by atoms with Crippen molar-refractivity contribution in [1.29, 1.82) is 0 Å². The number of hydrogen-bond donors (Lipinski definition) is 1. The molecule has 7 heteroatoms. The molecule has 0 radical (unpaired) electrons. The number of fused-ring (bicyclic) bond motifs is 1. The third-order valence-corrected chi connectivity index (χ3v) is 4.54. The molecule has 17 heavy (non-hydrogen) atoms. The summed E-state index contributed by atoms with van der Waals surface area (Å²) < 4.78 is 28.1. The molecule has 0 saturated carbocycles. The van der Waals surface area contributed by atoms with Crippen LogP contribution in [0.25, 0.3) is 10.1 Å². The molecule has 0 aliphatic rings. The van der Waals surface area contributed by atoms with Crippen LogP contribution in [0.2, 0.25) is 0 Å². The first kappa shape index (κ1) is 12.0. The Balaban J connectivity index is 2.52. The molecule has 2 N–H and O–H groups in total. The Bertz CT molecular complexity index is 687. The number of carbonyl (C=O) groups is 1. The van der Waals surface area contributed by atoms with E-state index in [2.05, 4.69) is 0 Å². The molecule has 1 aromatic carbocycles. The maximum absolute atomic E-state index is 11.2. The van der Waals surface area contributed by atoms with Gasteiger partial charge in [-0.1, -0.05) is 0 Å². The number of nitrogens with two attached hydrogens (primary N) is 1. The number of esters is 1. The minimum absolute atomic E-state index is 0.0903. The van der Waals surface area contributed by atoms with E-state index in [9.17, 15) is 13.2 Å². The highest BCUT2D eigenvalue weighted by Gasteiger charge is 2.12. The number of rotatable bonds is 2. The highest BCUT2D eigenvalue weighted by atomic mass is 32.2. The van der Waals surface area contributed by atoms with Gasteiger partial charge >= 0.3 is 5.97 Å². The number of thiophene rings is 1. The van der Waals surface area contributed by atoms with Crippen molar-refractivity contribution < 1.29 is 17.9 Å². The smallest absolute Gasteiger partial charge is 0.308 e. The molecule has 1 heterocycles. The average molecular weight is 271 g/mol. The van der Waals surface area contributed by atoms with Gasteiger partial charge in [0.15, 0.2) is 0 Å². The predicted octanol–water partition coefficient (Wildman–Crippen LogP) is 1.47. The minimum atomic E-state index is -3.69. The van der Waals surface area contributed by atoms with Crippen LogP contribution in [0.3, 0.4) is 0 Å². The summed E-state index contributed by atoms with van der Waals surface area (Å²) in [6.45, 7) is 1.30. The minimum Gasteiger partial charge on any atom is -0.427 e. The van der Waals surface area contributed by atoms with Gasteiger partial charge in [0.05, 0.1) is 0 Å². The summed E-state index contributed by atoms with van der Waals surface area (Å²) in [4.78, 5) is 10.8. The van der Waals surface area contributed by atoms with Gasteiger partial charge in [0.1, 0.15) is 9.96 Å². The fourth-order valence-electron chi connectivity index (χ4n) is 1.37. The zero-order valence-corrected chi connectivity index (χ0v) is 10.5. The van der Waals surface area contributed by atoms with Crippen LogP contribution in [0, 0.1) is 0 Å². The molecule has 5 nitrogen and oxygen atoms in total. The number of sulfonamides is 1. The monoisotopic (exact) mass is 271 g/mol. The van der Waals surface area contributed by atoms with E-state index in [1.165, 1.54) is 13.0 Å². The topological polar surface area (TPSA) is 86.5 Å². The molecular formula is C10H9NO4S2. The molecule has 2 rings (SSSR count). The molecule has 2 aromatic rings. The average Bonchev–Trinajstić information content (AvgIpc) is 2.58. The molecular weight excluding hydrogens is 262 g/mol.